The van der Waals surface area contributed by atoms with E-state index in [-0.39, 0.29) is 18.0 Å². The van der Waals surface area contributed by atoms with Gasteiger partial charge in [-0.05, 0) is 50.1 Å². The molecule has 0 aliphatic carbocycles. The lowest BCUT2D eigenvalue weighted by molar-refractivity contribution is -0.131. The molecule has 1 heterocycles. The molecule has 0 radical (unpaired) electrons. The predicted molar refractivity (Wildman–Crippen MR) is 105 cm³/mol. The molecule has 0 spiro atoms. The van der Waals surface area contributed by atoms with Gasteiger partial charge in [-0.3, -0.25) is 9.59 Å². The van der Waals surface area contributed by atoms with Crippen LogP contribution in [0.25, 0.3) is 4.91 Å². The molecule has 4 nitrogen and oxygen atoms in total. The number of amides is 2. The lowest BCUT2D eigenvalue weighted by Crippen LogP contribution is -2.43. The Labute approximate surface area is 154 Å². The standard InChI is InChI=1S/C20H26N2O2S/c1-5-25-19(14(2)3)17-10-8-16(9-11-17)15(4)21-20(24)18-7-6-12-22(18)13-23/h5,8-11,13,15,18H,1,6-7,12H2,2-4H3,(H,21,24). The third-order valence-corrected chi connectivity index (χ3v) is 5.47. The SMILES string of the molecule is C=CSC(=C(C)C)c1ccc(C(C)NC(=O)C2CCCN2C=O)cc1. The summed E-state index contributed by atoms with van der Waals surface area (Å²) in [5.74, 6) is -0.0756. The van der Waals surface area contributed by atoms with E-state index >= 15 is 0 Å². The molecule has 134 valence electrons. The number of allylic oxidation sites excluding steroid dienone is 1. The Kier molecular flexibility index (Phi) is 6.88. The van der Waals surface area contributed by atoms with Gasteiger partial charge < -0.3 is 10.2 Å². The maximum atomic E-state index is 12.4. The number of rotatable bonds is 7. The minimum atomic E-state index is -0.333. The Morgan fingerprint density at radius 3 is 2.60 bits per heavy atom. The largest absolute Gasteiger partial charge is 0.348 e. The molecule has 1 aromatic rings. The first kappa shape index (κ1) is 19.3. The Bertz CT molecular complexity index is 663. The molecule has 1 fully saturated rings. The number of thioether (sulfide) groups is 1. The molecule has 2 amide bonds. The van der Waals surface area contributed by atoms with E-state index in [1.165, 1.54) is 10.5 Å². The summed E-state index contributed by atoms with van der Waals surface area (Å²) in [5.41, 5.74) is 3.44. The summed E-state index contributed by atoms with van der Waals surface area (Å²) >= 11 is 1.62. The van der Waals surface area contributed by atoms with Crippen LogP contribution in [0.4, 0.5) is 0 Å². The molecule has 2 unspecified atom stereocenters. The van der Waals surface area contributed by atoms with Gasteiger partial charge in [0.25, 0.3) is 0 Å². The van der Waals surface area contributed by atoms with E-state index in [0.717, 1.165) is 30.4 Å². The number of nitrogens with zero attached hydrogens (tertiary/aromatic N) is 1. The zero-order valence-electron chi connectivity index (χ0n) is 15.1. The van der Waals surface area contributed by atoms with Crippen LogP contribution >= 0.6 is 11.8 Å². The highest BCUT2D eigenvalue weighted by atomic mass is 32.2. The van der Waals surface area contributed by atoms with Crippen molar-refractivity contribution in [1.29, 1.82) is 0 Å². The highest BCUT2D eigenvalue weighted by molar-refractivity contribution is 8.10. The maximum absolute atomic E-state index is 12.4. The van der Waals surface area contributed by atoms with Crippen LogP contribution in [0.1, 0.15) is 50.8 Å². The summed E-state index contributed by atoms with van der Waals surface area (Å²) in [6.07, 6.45) is 2.39. The van der Waals surface area contributed by atoms with Crippen molar-refractivity contribution in [2.45, 2.75) is 45.7 Å². The van der Waals surface area contributed by atoms with E-state index in [9.17, 15) is 9.59 Å². The Morgan fingerprint density at radius 2 is 2.04 bits per heavy atom. The third-order valence-electron chi connectivity index (χ3n) is 4.42. The van der Waals surface area contributed by atoms with Gasteiger partial charge in [-0.25, -0.2) is 0 Å². The van der Waals surface area contributed by atoms with Crippen LogP contribution in [0.5, 0.6) is 0 Å². The summed E-state index contributed by atoms with van der Waals surface area (Å²) in [6, 6.07) is 7.80. The smallest absolute Gasteiger partial charge is 0.243 e. The van der Waals surface area contributed by atoms with E-state index in [1.54, 1.807) is 16.7 Å². The molecule has 1 aliphatic rings. The quantitative estimate of drug-likeness (QED) is 0.746. The van der Waals surface area contributed by atoms with E-state index < -0.39 is 0 Å². The Hall–Kier alpha value is -2.01. The molecule has 5 heteroatoms. The number of hydrogen-bond acceptors (Lipinski definition) is 3. The molecular formula is C20H26N2O2S. The average molecular weight is 359 g/mol. The first-order valence-corrected chi connectivity index (χ1v) is 9.42. The highest BCUT2D eigenvalue weighted by Gasteiger charge is 2.30. The second-order valence-corrected chi connectivity index (χ2v) is 7.44. The number of likely N-dealkylation sites (tertiary alicyclic amines) is 1. The van der Waals surface area contributed by atoms with Crippen LogP contribution in [-0.4, -0.2) is 29.8 Å². The summed E-state index contributed by atoms with van der Waals surface area (Å²) < 4.78 is 0. The van der Waals surface area contributed by atoms with Crippen LogP contribution < -0.4 is 5.32 Å². The fourth-order valence-electron chi connectivity index (χ4n) is 3.07. The molecule has 1 aromatic carbocycles. The fourth-order valence-corrected chi connectivity index (χ4v) is 3.75. The van der Waals surface area contributed by atoms with Gasteiger partial charge in [-0.1, -0.05) is 48.2 Å². The van der Waals surface area contributed by atoms with Crippen LogP contribution in [0.2, 0.25) is 0 Å². The lowest BCUT2D eigenvalue weighted by atomic mass is 10.0. The van der Waals surface area contributed by atoms with Gasteiger partial charge in [-0.15, -0.1) is 0 Å². The van der Waals surface area contributed by atoms with Gasteiger partial charge in [0.15, 0.2) is 0 Å². The van der Waals surface area contributed by atoms with Crippen molar-refractivity contribution in [2.24, 2.45) is 0 Å². The Balaban J connectivity index is 2.06. The van der Waals surface area contributed by atoms with Crippen LogP contribution in [-0.2, 0) is 9.59 Å². The van der Waals surface area contributed by atoms with Crippen molar-refractivity contribution < 1.29 is 9.59 Å². The predicted octanol–water partition coefficient (Wildman–Crippen LogP) is 4.11. The van der Waals surface area contributed by atoms with Gasteiger partial charge in [0.2, 0.25) is 12.3 Å². The van der Waals surface area contributed by atoms with Crippen molar-refractivity contribution in [2.75, 3.05) is 6.54 Å². The molecule has 0 saturated carbocycles. The third kappa shape index (κ3) is 4.75. The second-order valence-electron chi connectivity index (χ2n) is 6.47. The summed E-state index contributed by atoms with van der Waals surface area (Å²) in [7, 11) is 0. The van der Waals surface area contributed by atoms with Gasteiger partial charge in [0.1, 0.15) is 6.04 Å². The number of benzene rings is 1. The topological polar surface area (TPSA) is 49.4 Å². The van der Waals surface area contributed by atoms with Crippen molar-refractivity contribution in [3.05, 3.63) is 53.0 Å². The van der Waals surface area contributed by atoms with Crippen LogP contribution in [0.15, 0.2) is 41.8 Å². The van der Waals surface area contributed by atoms with Gasteiger partial charge in [0, 0.05) is 11.4 Å². The maximum Gasteiger partial charge on any atom is 0.243 e. The van der Waals surface area contributed by atoms with Crippen molar-refractivity contribution >= 4 is 29.0 Å². The van der Waals surface area contributed by atoms with Crippen molar-refractivity contribution in [3.63, 3.8) is 0 Å². The molecule has 1 aliphatic heterocycles. The van der Waals surface area contributed by atoms with Gasteiger partial charge in [0.05, 0.1) is 6.04 Å². The van der Waals surface area contributed by atoms with Crippen LogP contribution in [0, 0.1) is 0 Å². The number of carbonyl (C=O) groups is 2. The molecule has 2 rings (SSSR count). The summed E-state index contributed by atoms with van der Waals surface area (Å²) in [5, 5.41) is 4.86. The fraction of sp³-hybridized carbons (Fsp3) is 0.400. The molecule has 0 aromatic heterocycles. The molecule has 1 N–H and O–H groups in total. The van der Waals surface area contributed by atoms with E-state index in [0.29, 0.717) is 6.54 Å². The first-order valence-electron chi connectivity index (χ1n) is 8.54. The van der Waals surface area contributed by atoms with E-state index in [4.69, 9.17) is 0 Å². The Morgan fingerprint density at radius 1 is 1.36 bits per heavy atom. The highest BCUT2D eigenvalue weighted by Crippen LogP contribution is 2.31. The number of nitrogens with one attached hydrogen (secondary N) is 1. The van der Waals surface area contributed by atoms with Gasteiger partial charge >= 0.3 is 0 Å². The summed E-state index contributed by atoms with van der Waals surface area (Å²) in [4.78, 5) is 26.2. The number of hydrogen-bond donors (Lipinski definition) is 1. The molecule has 25 heavy (non-hydrogen) atoms. The zero-order valence-corrected chi connectivity index (χ0v) is 15.9. The van der Waals surface area contributed by atoms with Crippen molar-refractivity contribution in [1.82, 2.24) is 10.2 Å². The normalized spacial score (nSPS) is 17.7. The van der Waals surface area contributed by atoms with E-state index in [2.05, 4.69) is 37.9 Å². The minimum Gasteiger partial charge on any atom is -0.348 e. The average Bonchev–Trinajstić information content (AvgIpc) is 3.08. The van der Waals surface area contributed by atoms with Crippen LogP contribution in [0.3, 0.4) is 0 Å². The first-order chi connectivity index (χ1) is 12.0. The monoisotopic (exact) mass is 358 g/mol. The minimum absolute atomic E-state index is 0.0756. The molecule has 2 atom stereocenters. The van der Waals surface area contributed by atoms with Gasteiger partial charge in [-0.2, -0.15) is 0 Å². The van der Waals surface area contributed by atoms with E-state index in [1.807, 2.05) is 24.5 Å². The molecule has 0 bridgehead atoms. The van der Waals surface area contributed by atoms with Crippen molar-refractivity contribution in [3.8, 4) is 0 Å². The second kappa shape index (κ2) is 8.90. The lowest BCUT2D eigenvalue weighted by Gasteiger charge is -2.22. The number of carbonyl (C=O) groups excluding carboxylic acids is 2. The summed E-state index contributed by atoms with van der Waals surface area (Å²) in [6.45, 7) is 10.6. The molecule has 1 saturated heterocycles. The molecular weight excluding hydrogens is 332 g/mol. The zero-order chi connectivity index (χ0) is 18.4.